The predicted molar refractivity (Wildman–Crippen MR) is 116 cm³/mol. The molecule has 0 aromatic carbocycles. The van der Waals surface area contributed by atoms with E-state index in [0.717, 1.165) is 23.7 Å². The van der Waals surface area contributed by atoms with Crippen molar-refractivity contribution in [1.29, 1.82) is 0 Å². The average molecular weight is 410 g/mol. The molecular weight excluding hydrogens is 374 g/mol. The van der Waals surface area contributed by atoms with Crippen molar-refractivity contribution in [2.24, 2.45) is 35.5 Å². The Morgan fingerprint density at radius 2 is 1.40 bits per heavy atom. The largest absolute Gasteiger partial charge is 0.349 e. The molecule has 4 fully saturated rings. The SMILES string of the molecule is C[C@H](NC(=O)c1ccc(C(=O)N[C@H](C)[C@@H]2C[C@@H]3CC[C@@H]2C3)cn1)[C@@H]1C[C@@H]2CC[C@@H]1C2. The summed E-state index contributed by atoms with van der Waals surface area (Å²) >= 11 is 0. The van der Waals surface area contributed by atoms with Crippen molar-refractivity contribution in [3.63, 3.8) is 0 Å². The molecule has 5 nitrogen and oxygen atoms in total. The van der Waals surface area contributed by atoms with Crippen LogP contribution in [0.25, 0.3) is 0 Å². The van der Waals surface area contributed by atoms with E-state index in [9.17, 15) is 9.59 Å². The Hall–Kier alpha value is -1.91. The van der Waals surface area contributed by atoms with Crippen LogP contribution in [-0.2, 0) is 0 Å². The van der Waals surface area contributed by atoms with Gasteiger partial charge in [-0.3, -0.25) is 14.6 Å². The second kappa shape index (κ2) is 7.97. The number of carbonyl (C=O) groups excluding carboxylic acids is 2. The molecule has 1 heterocycles. The third-order valence-electron chi connectivity index (χ3n) is 8.85. The maximum Gasteiger partial charge on any atom is 0.270 e. The monoisotopic (exact) mass is 409 g/mol. The van der Waals surface area contributed by atoms with E-state index in [-0.39, 0.29) is 23.9 Å². The van der Waals surface area contributed by atoms with E-state index < -0.39 is 0 Å². The zero-order valence-electron chi connectivity index (χ0n) is 18.3. The zero-order chi connectivity index (χ0) is 20.8. The lowest BCUT2D eigenvalue weighted by molar-refractivity contribution is 0.0898. The lowest BCUT2D eigenvalue weighted by Crippen LogP contribution is -2.41. The van der Waals surface area contributed by atoms with Crippen LogP contribution in [0.4, 0.5) is 0 Å². The second-order valence-electron chi connectivity index (χ2n) is 10.6. The molecule has 0 aliphatic heterocycles. The van der Waals surface area contributed by atoms with Crippen molar-refractivity contribution in [3.8, 4) is 0 Å². The summed E-state index contributed by atoms with van der Waals surface area (Å²) < 4.78 is 0. The number of pyridine rings is 1. The number of carbonyl (C=O) groups is 2. The third kappa shape index (κ3) is 3.76. The molecule has 4 bridgehead atoms. The fraction of sp³-hybridized carbons (Fsp3) is 0.720. The van der Waals surface area contributed by atoms with Crippen LogP contribution < -0.4 is 10.6 Å². The molecule has 162 valence electrons. The summed E-state index contributed by atoms with van der Waals surface area (Å²) in [4.78, 5) is 29.6. The van der Waals surface area contributed by atoms with E-state index in [1.165, 1.54) is 51.4 Å². The van der Waals surface area contributed by atoms with Crippen LogP contribution in [0, 0.1) is 35.5 Å². The van der Waals surface area contributed by atoms with E-state index in [1.54, 1.807) is 18.3 Å². The van der Waals surface area contributed by atoms with Gasteiger partial charge in [0.2, 0.25) is 0 Å². The maximum absolute atomic E-state index is 12.7. The van der Waals surface area contributed by atoms with Gasteiger partial charge in [-0.25, -0.2) is 0 Å². The number of amides is 2. The summed E-state index contributed by atoms with van der Waals surface area (Å²) in [6, 6.07) is 3.78. The molecule has 30 heavy (non-hydrogen) atoms. The number of hydrogen-bond acceptors (Lipinski definition) is 3. The van der Waals surface area contributed by atoms with Crippen LogP contribution in [0.15, 0.2) is 18.3 Å². The van der Waals surface area contributed by atoms with Gasteiger partial charge in [-0.15, -0.1) is 0 Å². The van der Waals surface area contributed by atoms with Gasteiger partial charge in [0.15, 0.2) is 0 Å². The summed E-state index contributed by atoms with van der Waals surface area (Å²) in [7, 11) is 0. The minimum absolute atomic E-state index is 0.0833. The molecule has 0 unspecified atom stereocenters. The highest BCUT2D eigenvalue weighted by atomic mass is 16.2. The first-order valence-corrected chi connectivity index (χ1v) is 12.1. The Morgan fingerprint density at radius 3 is 1.83 bits per heavy atom. The van der Waals surface area contributed by atoms with Gasteiger partial charge in [-0.1, -0.05) is 12.8 Å². The molecule has 8 atom stereocenters. The first-order valence-electron chi connectivity index (χ1n) is 12.1. The summed E-state index contributed by atoms with van der Waals surface area (Å²) in [5.74, 6) is 4.31. The molecule has 0 radical (unpaired) electrons. The topological polar surface area (TPSA) is 71.1 Å². The molecular formula is C25H35N3O2. The summed E-state index contributed by atoms with van der Waals surface area (Å²) in [5, 5.41) is 6.33. The Balaban J connectivity index is 1.15. The molecule has 1 aromatic heterocycles. The summed E-state index contributed by atoms with van der Waals surface area (Å²) in [6.45, 7) is 4.26. The van der Waals surface area contributed by atoms with Crippen LogP contribution in [0.5, 0.6) is 0 Å². The van der Waals surface area contributed by atoms with E-state index in [4.69, 9.17) is 0 Å². The molecule has 2 N–H and O–H groups in total. The van der Waals surface area contributed by atoms with Gasteiger partial charge in [0.25, 0.3) is 11.8 Å². The summed E-state index contributed by atoms with van der Waals surface area (Å²) in [5.41, 5.74) is 0.922. The normalized spacial score (nSPS) is 35.9. The van der Waals surface area contributed by atoms with Crippen LogP contribution >= 0.6 is 0 Å². The van der Waals surface area contributed by atoms with Crippen LogP contribution in [0.3, 0.4) is 0 Å². The molecule has 2 amide bonds. The molecule has 4 aliphatic rings. The van der Waals surface area contributed by atoms with Crippen molar-refractivity contribution in [2.75, 3.05) is 0 Å². The quantitative estimate of drug-likeness (QED) is 0.740. The highest BCUT2D eigenvalue weighted by Gasteiger charge is 2.43. The van der Waals surface area contributed by atoms with Crippen molar-refractivity contribution in [3.05, 3.63) is 29.6 Å². The van der Waals surface area contributed by atoms with Gasteiger partial charge in [-0.2, -0.15) is 0 Å². The number of nitrogens with zero attached hydrogens (tertiary/aromatic N) is 1. The smallest absolute Gasteiger partial charge is 0.270 e. The fourth-order valence-corrected chi connectivity index (χ4v) is 7.26. The third-order valence-corrected chi connectivity index (χ3v) is 8.85. The highest BCUT2D eigenvalue weighted by molar-refractivity contribution is 5.96. The zero-order valence-corrected chi connectivity index (χ0v) is 18.3. The second-order valence-corrected chi connectivity index (χ2v) is 10.6. The van der Waals surface area contributed by atoms with Gasteiger partial charge in [0.05, 0.1) is 5.56 Å². The molecule has 0 spiro atoms. The summed E-state index contributed by atoms with van der Waals surface area (Å²) in [6.07, 6.45) is 12.1. The lowest BCUT2D eigenvalue weighted by atomic mass is 9.84. The van der Waals surface area contributed by atoms with Crippen molar-refractivity contribution in [2.45, 2.75) is 77.3 Å². The van der Waals surface area contributed by atoms with E-state index in [1.807, 2.05) is 0 Å². The average Bonchev–Trinajstić information content (AvgIpc) is 3.55. The van der Waals surface area contributed by atoms with E-state index >= 15 is 0 Å². The lowest BCUT2D eigenvalue weighted by Gasteiger charge is -2.28. The first-order chi connectivity index (χ1) is 14.5. The minimum atomic E-state index is -0.132. The van der Waals surface area contributed by atoms with E-state index in [2.05, 4.69) is 29.5 Å². The molecule has 0 saturated heterocycles. The number of hydrogen-bond donors (Lipinski definition) is 2. The van der Waals surface area contributed by atoms with E-state index in [0.29, 0.717) is 23.1 Å². The fourth-order valence-electron chi connectivity index (χ4n) is 7.26. The molecule has 4 aliphatic carbocycles. The Kier molecular flexibility index (Phi) is 5.32. The minimum Gasteiger partial charge on any atom is -0.349 e. The molecule has 5 heteroatoms. The highest BCUT2D eigenvalue weighted by Crippen LogP contribution is 2.50. The molecule has 4 saturated carbocycles. The first kappa shape index (κ1) is 20.0. The van der Waals surface area contributed by atoms with Gasteiger partial charge in [0, 0.05) is 18.3 Å². The predicted octanol–water partition coefficient (Wildman–Crippen LogP) is 4.19. The standard InChI is InChI=1S/C25H35N3O2/c1-14(21-11-16-3-5-18(21)9-16)27-24(29)20-7-8-23(26-13-20)25(30)28-15(2)22-12-17-4-6-19(22)10-17/h7-8,13-19,21-22H,3-6,9-12H2,1-2H3,(H,27,29)(H,28,30)/t14-,15+,16-,17-,18-,19-,21+,22+/m1/s1. The number of rotatable bonds is 6. The molecule has 5 rings (SSSR count). The van der Waals surface area contributed by atoms with Gasteiger partial charge >= 0.3 is 0 Å². The van der Waals surface area contributed by atoms with Gasteiger partial charge in [-0.05, 0) is 100 Å². The maximum atomic E-state index is 12.7. The van der Waals surface area contributed by atoms with Crippen molar-refractivity contribution < 1.29 is 9.59 Å². The van der Waals surface area contributed by atoms with Crippen LogP contribution in [0.1, 0.15) is 86.1 Å². The van der Waals surface area contributed by atoms with Crippen LogP contribution in [-0.4, -0.2) is 28.9 Å². The number of fused-ring (bicyclic) bond motifs is 4. The number of nitrogens with one attached hydrogen (secondary N) is 2. The van der Waals surface area contributed by atoms with Crippen LogP contribution in [0.2, 0.25) is 0 Å². The Bertz CT molecular complexity index is 740. The molecule has 1 aromatic rings. The number of aromatic nitrogens is 1. The van der Waals surface area contributed by atoms with Crippen molar-refractivity contribution in [1.82, 2.24) is 15.6 Å². The van der Waals surface area contributed by atoms with Gasteiger partial charge < -0.3 is 10.6 Å². The Labute approximate surface area is 179 Å². The Morgan fingerprint density at radius 1 is 0.833 bits per heavy atom. The van der Waals surface area contributed by atoms with Crippen molar-refractivity contribution >= 4 is 11.8 Å². The van der Waals surface area contributed by atoms with Gasteiger partial charge in [0.1, 0.15) is 5.69 Å².